The van der Waals surface area contributed by atoms with Crippen molar-refractivity contribution in [3.05, 3.63) is 60.2 Å². The van der Waals surface area contributed by atoms with Crippen LogP contribution in [-0.4, -0.2) is 37.5 Å². The Hall–Kier alpha value is -2.82. The van der Waals surface area contributed by atoms with Crippen molar-refractivity contribution >= 4 is 17.7 Å². The fraction of sp³-hybridized carbons (Fsp3) is 0.300. The fourth-order valence-electron chi connectivity index (χ4n) is 2.31. The van der Waals surface area contributed by atoms with Gasteiger partial charge in [0.25, 0.3) is 5.91 Å². The lowest BCUT2D eigenvalue weighted by atomic mass is 10.2. The van der Waals surface area contributed by atoms with Gasteiger partial charge in [0.05, 0.1) is 0 Å². The van der Waals surface area contributed by atoms with E-state index in [1.807, 2.05) is 30.3 Å². The van der Waals surface area contributed by atoms with Gasteiger partial charge in [-0.25, -0.2) is 4.79 Å². The molecule has 0 spiro atoms. The third-order valence-electron chi connectivity index (χ3n) is 3.92. The Morgan fingerprint density at radius 3 is 2.20 bits per heavy atom. The van der Waals surface area contributed by atoms with Crippen molar-refractivity contribution in [2.75, 3.05) is 25.5 Å². The van der Waals surface area contributed by atoms with Crippen LogP contribution >= 0.6 is 0 Å². The molecule has 0 aromatic heterocycles. The zero-order chi connectivity index (χ0) is 18.2. The number of amides is 2. The summed E-state index contributed by atoms with van der Waals surface area (Å²) in [6, 6.07) is 15.9. The van der Waals surface area contributed by atoms with Gasteiger partial charge in [-0.2, -0.15) is 0 Å². The van der Waals surface area contributed by atoms with Gasteiger partial charge < -0.3 is 9.64 Å². The Morgan fingerprint density at radius 1 is 0.960 bits per heavy atom. The van der Waals surface area contributed by atoms with Crippen LogP contribution in [0, 0.1) is 0 Å². The zero-order valence-electron chi connectivity index (χ0n) is 14.9. The van der Waals surface area contributed by atoms with Crippen LogP contribution < -0.4 is 9.64 Å². The summed E-state index contributed by atoms with van der Waals surface area (Å²) in [5, 5.41) is 0. The summed E-state index contributed by atoms with van der Waals surface area (Å²) in [6.45, 7) is 2.82. The number of hydrogen-bond acceptors (Lipinski definition) is 3. The molecule has 25 heavy (non-hydrogen) atoms. The molecule has 0 saturated heterocycles. The molecule has 5 heteroatoms. The summed E-state index contributed by atoms with van der Waals surface area (Å²) in [4.78, 5) is 27.6. The molecule has 0 heterocycles. The topological polar surface area (TPSA) is 49.9 Å². The van der Waals surface area contributed by atoms with E-state index < -0.39 is 6.09 Å². The normalized spacial score (nSPS) is 10.2. The van der Waals surface area contributed by atoms with Gasteiger partial charge in [-0.1, -0.05) is 31.5 Å². The molecule has 0 atom stereocenters. The van der Waals surface area contributed by atoms with Crippen molar-refractivity contribution in [2.45, 2.75) is 19.8 Å². The Bertz CT molecular complexity index is 699. The third kappa shape index (κ3) is 5.08. The van der Waals surface area contributed by atoms with Crippen LogP contribution in [0.3, 0.4) is 0 Å². The second-order valence-electron chi connectivity index (χ2n) is 5.87. The van der Waals surface area contributed by atoms with Gasteiger partial charge in [-0.05, 0) is 42.8 Å². The van der Waals surface area contributed by atoms with Crippen molar-refractivity contribution < 1.29 is 14.3 Å². The lowest BCUT2D eigenvalue weighted by Gasteiger charge is -2.18. The van der Waals surface area contributed by atoms with Gasteiger partial charge in [0.2, 0.25) is 0 Å². The summed E-state index contributed by atoms with van der Waals surface area (Å²) < 4.78 is 5.35. The van der Waals surface area contributed by atoms with Crippen molar-refractivity contribution in [3.63, 3.8) is 0 Å². The maximum atomic E-state index is 12.3. The number of anilines is 1. The standard InChI is InChI=1S/C20H24N2O3/c1-4-5-15-21(2)19(23)16-11-13-18(14-12-16)25-20(24)22(3)17-9-7-6-8-10-17/h6-14H,4-5,15H2,1-3H3. The summed E-state index contributed by atoms with van der Waals surface area (Å²) in [5.74, 6) is 0.369. The number of hydrogen-bond donors (Lipinski definition) is 0. The first-order valence-corrected chi connectivity index (χ1v) is 8.39. The number of unbranched alkanes of at least 4 members (excludes halogenated alkanes) is 1. The number of carbonyl (C=O) groups excluding carboxylic acids is 2. The smallest absolute Gasteiger partial charge is 0.410 e. The van der Waals surface area contributed by atoms with E-state index in [2.05, 4.69) is 6.92 Å². The molecule has 0 aliphatic rings. The van der Waals surface area contributed by atoms with Crippen LogP contribution in [0.1, 0.15) is 30.1 Å². The second-order valence-corrected chi connectivity index (χ2v) is 5.87. The minimum atomic E-state index is -0.481. The van der Waals surface area contributed by atoms with Crippen LogP contribution in [-0.2, 0) is 0 Å². The highest BCUT2D eigenvalue weighted by atomic mass is 16.6. The summed E-state index contributed by atoms with van der Waals surface area (Å²) in [7, 11) is 3.44. The quantitative estimate of drug-likeness (QED) is 0.792. The molecule has 0 bridgehead atoms. The first-order chi connectivity index (χ1) is 12.0. The van der Waals surface area contributed by atoms with Crippen LogP contribution in [0.25, 0.3) is 0 Å². The summed E-state index contributed by atoms with van der Waals surface area (Å²) in [5.41, 5.74) is 1.33. The number of rotatable bonds is 6. The third-order valence-corrected chi connectivity index (χ3v) is 3.92. The molecule has 0 fully saturated rings. The molecule has 2 amide bonds. The molecule has 0 N–H and O–H groups in total. The van der Waals surface area contributed by atoms with Crippen molar-refractivity contribution in [1.82, 2.24) is 4.90 Å². The van der Waals surface area contributed by atoms with E-state index in [0.29, 0.717) is 11.3 Å². The highest BCUT2D eigenvalue weighted by Gasteiger charge is 2.14. The number of carbonyl (C=O) groups is 2. The Morgan fingerprint density at radius 2 is 1.60 bits per heavy atom. The van der Waals surface area contributed by atoms with Gasteiger partial charge >= 0.3 is 6.09 Å². The average molecular weight is 340 g/mol. The Balaban J connectivity index is 1.98. The molecular weight excluding hydrogens is 316 g/mol. The van der Waals surface area contributed by atoms with E-state index >= 15 is 0 Å². The predicted octanol–water partition coefficient (Wildman–Crippen LogP) is 4.19. The van der Waals surface area contributed by atoms with Crippen molar-refractivity contribution in [2.24, 2.45) is 0 Å². The molecule has 5 nitrogen and oxygen atoms in total. The lowest BCUT2D eigenvalue weighted by molar-refractivity contribution is 0.0793. The van der Waals surface area contributed by atoms with Gasteiger partial charge in [-0.3, -0.25) is 9.69 Å². The van der Waals surface area contributed by atoms with Crippen LogP contribution in [0.2, 0.25) is 0 Å². The minimum absolute atomic E-state index is 0.0345. The molecule has 0 aliphatic heterocycles. The monoisotopic (exact) mass is 340 g/mol. The van der Waals surface area contributed by atoms with E-state index in [1.54, 1.807) is 43.3 Å². The van der Waals surface area contributed by atoms with E-state index in [0.717, 1.165) is 25.1 Å². The summed E-state index contributed by atoms with van der Waals surface area (Å²) >= 11 is 0. The van der Waals surface area contributed by atoms with Gasteiger partial charge in [0.1, 0.15) is 5.75 Å². The molecular formula is C20H24N2O3. The highest BCUT2D eigenvalue weighted by Crippen LogP contribution is 2.17. The number of benzene rings is 2. The maximum Gasteiger partial charge on any atom is 0.419 e. The van der Waals surface area contributed by atoms with Crippen molar-refractivity contribution in [3.8, 4) is 5.75 Å². The molecule has 0 saturated carbocycles. The number of nitrogens with zero attached hydrogens (tertiary/aromatic N) is 2. The lowest BCUT2D eigenvalue weighted by Crippen LogP contribution is -2.29. The highest BCUT2D eigenvalue weighted by molar-refractivity contribution is 5.94. The summed E-state index contributed by atoms with van der Waals surface area (Å²) in [6.07, 6.45) is 1.54. The van der Waals surface area contributed by atoms with Crippen LogP contribution in [0.5, 0.6) is 5.75 Å². The molecule has 2 aromatic carbocycles. The zero-order valence-corrected chi connectivity index (χ0v) is 14.9. The molecule has 2 rings (SSSR count). The van der Waals surface area contributed by atoms with Gasteiger partial charge in [0.15, 0.2) is 0 Å². The van der Waals surface area contributed by atoms with E-state index in [4.69, 9.17) is 4.74 Å². The average Bonchev–Trinajstić information content (AvgIpc) is 2.66. The SMILES string of the molecule is CCCCN(C)C(=O)c1ccc(OC(=O)N(C)c2ccccc2)cc1. The molecule has 0 radical (unpaired) electrons. The first kappa shape index (κ1) is 18.5. The van der Waals surface area contributed by atoms with Crippen LogP contribution in [0.4, 0.5) is 10.5 Å². The number of ether oxygens (including phenoxy) is 1. The Labute approximate surface area is 148 Å². The van der Waals surface area contributed by atoms with Crippen molar-refractivity contribution in [1.29, 1.82) is 0 Å². The molecule has 0 aliphatic carbocycles. The second kappa shape index (κ2) is 8.87. The maximum absolute atomic E-state index is 12.3. The van der Waals surface area contributed by atoms with Gasteiger partial charge in [-0.15, -0.1) is 0 Å². The van der Waals surface area contributed by atoms with E-state index in [-0.39, 0.29) is 5.91 Å². The van der Waals surface area contributed by atoms with E-state index in [1.165, 1.54) is 4.90 Å². The number of para-hydroxylation sites is 1. The fourth-order valence-corrected chi connectivity index (χ4v) is 2.31. The molecule has 2 aromatic rings. The predicted molar refractivity (Wildman–Crippen MR) is 99.2 cm³/mol. The van der Waals surface area contributed by atoms with Gasteiger partial charge in [0, 0.05) is 31.9 Å². The molecule has 132 valence electrons. The Kier molecular flexibility index (Phi) is 6.57. The first-order valence-electron chi connectivity index (χ1n) is 8.39. The van der Waals surface area contributed by atoms with Crippen LogP contribution in [0.15, 0.2) is 54.6 Å². The molecule has 0 unspecified atom stereocenters. The van der Waals surface area contributed by atoms with E-state index in [9.17, 15) is 9.59 Å². The minimum Gasteiger partial charge on any atom is -0.410 e. The largest absolute Gasteiger partial charge is 0.419 e.